The van der Waals surface area contributed by atoms with Crippen molar-refractivity contribution in [3.05, 3.63) is 163 Å². The van der Waals surface area contributed by atoms with E-state index in [0.717, 1.165) is 71.9 Å². The van der Waals surface area contributed by atoms with E-state index in [1.54, 1.807) is 0 Å². The van der Waals surface area contributed by atoms with Crippen LogP contribution in [0.5, 0.6) is 5.75 Å². The zero-order valence-corrected chi connectivity index (χ0v) is 25.7. The molecule has 0 N–H and O–H groups in total. The van der Waals surface area contributed by atoms with Crippen molar-refractivity contribution in [2.45, 2.75) is 12.0 Å². The largest absolute Gasteiger partial charge is 0.485 e. The Morgan fingerprint density at radius 3 is 2.19 bits per heavy atom. The van der Waals surface area contributed by atoms with Gasteiger partial charge in [0, 0.05) is 33.0 Å². The van der Waals surface area contributed by atoms with E-state index in [4.69, 9.17) is 24.1 Å². The molecule has 6 aromatic carbocycles. The molecule has 0 saturated heterocycles. The molecule has 1 aliphatic heterocycles. The van der Waals surface area contributed by atoms with Crippen LogP contribution in [-0.2, 0) is 0 Å². The summed E-state index contributed by atoms with van der Waals surface area (Å²) in [5.41, 5.74) is 8.10. The summed E-state index contributed by atoms with van der Waals surface area (Å²) in [4.78, 5) is 15.3. The van der Waals surface area contributed by atoms with E-state index in [9.17, 15) is 0 Å². The molecule has 48 heavy (non-hydrogen) atoms. The van der Waals surface area contributed by atoms with Crippen LogP contribution in [0.4, 0.5) is 0 Å². The normalized spacial score (nSPS) is 16.5. The second kappa shape index (κ2) is 10.6. The smallest absolute Gasteiger partial charge is 0.164 e. The first-order valence-corrected chi connectivity index (χ1v) is 16.2. The molecule has 8 aromatic rings. The van der Waals surface area contributed by atoms with Crippen LogP contribution >= 0.6 is 0 Å². The number of benzene rings is 6. The van der Waals surface area contributed by atoms with Crippen LogP contribution in [0.2, 0.25) is 0 Å². The Balaban J connectivity index is 1.12. The van der Waals surface area contributed by atoms with Crippen molar-refractivity contribution in [1.82, 2.24) is 15.0 Å². The first-order valence-electron chi connectivity index (χ1n) is 16.2. The van der Waals surface area contributed by atoms with Crippen LogP contribution in [0.15, 0.2) is 156 Å². The van der Waals surface area contributed by atoms with Crippen molar-refractivity contribution in [3.8, 4) is 39.7 Å². The fourth-order valence-electron chi connectivity index (χ4n) is 7.24. The third-order valence-corrected chi connectivity index (χ3v) is 9.49. The highest BCUT2D eigenvalue weighted by molar-refractivity contribution is 6.12. The predicted molar refractivity (Wildman–Crippen MR) is 192 cm³/mol. The molecule has 2 unspecified atom stereocenters. The van der Waals surface area contributed by atoms with Crippen molar-refractivity contribution >= 4 is 38.3 Å². The number of aromatic nitrogens is 3. The van der Waals surface area contributed by atoms with Gasteiger partial charge in [-0.25, -0.2) is 15.0 Å². The molecule has 3 heterocycles. The molecule has 5 heteroatoms. The van der Waals surface area contributed by atoms with Gasteiger partial charge in [0.1, 0.15) is 23.0 Å². The number of hydrogen-bond donors (Lipinski definition) is 0. The molecule has 0 bridgehead atoms. The van der Waals surface area contributed by atoms with E-state index in [-0.39, 0.29) is 12.0 Å². The molecule has 2 aromatic heterocycles. The van der Waals surface area contributed by atoms with E-state index in [0.29, 0.717) is 17.5 Å². The van der Waals surface area contributed by atoms with E-state index >= 15 is 0 Å². The predicted octanol–water partition coefficient (Wildman–Crippen LogP) is 10.4. The first kappa shape index (κ1) is 26.8. The SMILES string of the molecule is C1=CC2Oc3ccccc3C2C(c2nc(-c3ccccc3)nc(-c3ccc4ccc(-c5cccc6oc7ccccc7c56)cc4c3)n2)=C1. The fourth-order valence-corrected chi connectivity index (χ4v) is 7.24. The maximum absolute atomic E-state index is 6.33. The lowest BCUT2D eigenvalue weighted by Crippen LogP contribution is -2.20. The van der Waals surface area contributed by atoms with Gasteiger partial charge >= 0.3 is 0 Å². The van der Waals surface area contributed by atoms with Gasteiger partial charge in [0.05, 0.1) is 5.92 Å². The summed E-state index contributed by atoms with van der Waals surface area (Å²) in [6.07, 6.45) is 6.18. The van der Waals surface area contributed by atoms with Gasteiger partial charge in [-0.05, 0) is 58.3 Å². The van der Waals surface area contributed by atoms with Gasteiger partial charge in [0.15, 0.2) is 17.5 Å². The number of ether oxygens (including phenoxy) is 1. The van der Waals surface area contributed by atoms with E-state index < -0.39 is 0 Å². The Morgan fingerprint density at radius 1 is 0.542 bits per heavy atom. The van der Waals surface area contributed by atoms with Gasteiger partial charge in [0.25, 0.3) is 0 Å². The summed E-state index contributed by atoms with van der Waals surface area (Å²) in [6.45, 7) is 0. The third-order valence-electron chi connectivity index (χ3n) is 9.49. The maximum atomic E-state index is 6.33. The fraction of sp³-hybridized carbons (Fsp3) is 0.0465. The molecule has 0 saturated carbocycles. The maximum Gasteiger partial charge on any atom is 0.164 e. The Hall–Kier alpha value is -6.33. The van der Waals surface area contributed by atoms with Crippen molar-refractivity contribution < 1.29 is 9.15 Å². The highest BCUT2D eigenvalue weighted by Crippen LogP contribution is 2.47. The molecule has 0 radical (unpaired) electrons. The van der Waals surface area contributed by atoms with Gasteiger partial charge in [-0.2, -0.15) is 0 Å². The molecular weight excluding hydrogens is 590 g/mol. The Morgan fingerprint density at radius 2 is 1.27 bits per heavy atom. The number of hydrogen-bond acceptors (Lipinski definition) is 5. The second-order valence-electron chi connectivity index (χ2n) is 12.3. The topological polar surface area (TPSA) is 61.0 Å². The quantitative estimate of drug-likeness (QED) is 0.197. The summed E-state index contributed by atoms with van der Waals surface area (Å²) in [7, 11) is 0. The molecule has 226 valence electrons. The Kier molecular flexibility index (Phi) is 5.93. The number of furan rings is 1. The number of allylic oxidation sites excluding steroid dienone is 2. The lowest BCUT2D eigenvalue weighted by Gasteiger charge is -2.22. The standard InChI is InChI=1S/C43H27N3O2/c1-2-10-27(11-3-1)41-44-42(46-43(45-41)34-15-9-19-38-40(34)33-13-5-7-17-36(33)48-38)29-23-21-26-20-22-28(24-30(26)25-29)31-14-8-18-37-39(31)32-12-4-6-16-35(32)47-37/h1-25,38,40H. The molecule has 1 aliphatic carbocycles. The number of para-hydroxylation sites is 2. The highest BCUT2D eigenvalue weighted by Gasteiger charge is 2.38. The minimum Gasteiger partial charge on any atom is -0.485 e. The molecular formula is C43H27N3O2. The van der Waals surface area contributed by atoms with E-state index in [2.05, 4.69) is 91.0 Å². The molecule has 10 rings (SSSR count). The van der Waals surface area contributed by atoms with E-state index in [1.165, 1.54) is 0 Å². The van der Waals surface area contributed by atoms with Crippen molar-refractivity contribution in [1.29, 1.82) is 0 Å². The van der Waals surface area contributed by atoms with Gasteiger partial charge in [-0.15, -0.1) is 0 Å². The number of rotatable bonds is 4. The average Bonchev–Trinajstić information content (AvgIpc) is 3.73. The van der Waals surface area contributed by atoms with Crippen LogP contribution in [0.25, 0.3) is 72.2 Å². The summed E-state index contributed by atoms with van der Waals surface area (Å²) in [5, 5.41) is 4.50. The summed E-state index contributed by atoms with van der Waals surface area (Å²) >= 11 is 0. The van der Waals surface area contributed by atoms with Crippen LogP contribution < -0.4 is 4.74 Å². The molecule has 0 fully saturated rings. The Bertz CT molecular complexity index is 2620. The van der Waals surface area contributed by atoms with Crippen LogP contribution in [0.3, 0.4) is 0 Å². The average molecular weight is 618 g/mol. The molecule has 5 nitrogen and oxygen atoms in total. The van der Waals surface area contributed by atoms with Gasteiger partial charge < -0.3 is 9.15 Å². The minimum atomic E-state index is -0.0984. The molecule has 0 amide bonds. The highest BCUT2D eigenvalue weighted by atomic mass is 16.5. The van der Waals surface area contributed by atoms with Crippen molar-refractivity contribution in [2.24, 2.45) is 0 Å². The zero-order valence-electron chi connectivity index (χ0n) is 25.7. The van der Waals surface area contributed by atoms with Crippen LogP contribution in [-0.4, -0.2) is 21.1 Å². The van der Waals surface area contributed by atoms with Gasteiger partial charge in [-0.1, -0.05) is 115 Å². The lowest BCUT2D eigenvalue weighted by atomic mass is 9.84. The zero-order chi connectivity index (χ0) is 31.6. The Labute approximate surface area is 276 Å². The van der Waals surface area contributed by atoms with Gasteiger partial charge in [0.2, 0.25) is 0 Å². The third kappa shape index (κ3) is 4.28. The van der Waals surface area contributed by atoms with Gasteiger partial charge in [-0.3, -0.25) is 0 Å². The molecule has 0 spiro atoms. The summed E-state index contributed by atoms with van der Waals surface area (Å²) < 4.78 is 12.5. The first-order chi connectivity index (χ1) is 23.8. The van der Waals surface area contributed by atoms with Crippen molar-refractivity contribution in [3.63, 3.8) is 0 Å². The number of nitrogens with zero attached hydrogens (tertiary/aromatic N) is 3. The lowest BCUT2D eigenvalue weighted by molar-refractivity contribution is 0.271. The summed E-state index contributed by atoms with van der Waals surface area (Å²) in [6, 6.07) is 45.9. The minimum absolute atomic E-state index is 0.00551. The molecule has 2 atom stereocenters. The van der Waals surface area contributed by atoms with Crippen molar-refractivity contribution in [2.75, 3.05) is 0 Å². The second-order valence-corrected chi connectivity index (χ2v) is 12.3. The monoisotopic (exact) mass is 617 g/mol. The van der Waals surface area contributed by atoms with Crippen LogP contribution in [0.1, 0.15) is 17.3 Å². The number of fused-ring (bicyclic) bond motifs is 7. The van der Waals surface area contributed by atoms with E-state index in [1.807, 2.05) is 60.7 Å². The summed E-state index contributed by atoms with van der Waals surface area (Å²) in [5.74, 6) is 2.85. The van der Waals surface area contributed by atoms with Crippen LogP contribution in [0, 0.1) is 0 Å². The molecule has 2 aliphatic rings.